The van der Waals surface area contributed by atoms with E-state index in [9.17, 15) is 8.42 Å². The fourth-order valence-corrected chi connectivity index (χ4v) is 4.05. The maximum Gasteiger partial charge on any atom is 0.164 e. The van der Waals surface area contributed by atoms with Gasteiger partial charge in [-0.2, -0.15) is 0 Å². The average molecular weight is 190 g/mol. The molecule has 2 atom stereocenters. The van der Waals surface area contributed by atoms with Crippen LogP contribution in [0.2, 0.25) is 0 Å². The standard InChI is InChI=1S/C7H14N2O2S/c8-2-6-1-7-4-12(10,11)5-9(7)3-6/h6-7H,1-5,8H2/t6-,7+/m1/s1. The second-order valence-electron chi connectivity index (χ2n) is 3.80. The van der Waals surface area contributed by atoms with Crippen LogP contribution in [0.25, 0.3) is 0 Å². The lowest BCUT2D eigenvalue weighted by Crippen LogP contribution is -2.25. The average Bonchev–Trinajstić information content (AvgIpc) is 2.40. The number of sulfone groups is 1. The molecule has 12 heavy (non-hydrogen) atoms. The lowest BCUT2D eigenvalue weighted by Gasteiger charge is -2.10. The third-order valence-electron chi connectivity index (χ3n) is 2.76. The van der Waals surface area contributed by atoms with Crippen LogP contribution in [0.15, 0.2) is 0 Å². The minimum absolute atomic E-state index is 0.258. The van der Waals surface area contributed by atoms with Gasteiger partial charge in [0, 0.05) is 12.6 Å². The van der Waals surface area contributed by atoms with Gasteiger partial charge in [-0.15, -0.1) is 0 Å². The summed E-state index contributed by atoms with van der Waals surface area (Å²) in [5, 5.41) is 0. The van der Waals surface area contributed by atoms with E-state index in [2.05, 4.69) is 0 Å². The highest BCUT2D eigenvalue weighted by atomic mass is 32.2. The van der Waals surface area contributed by atoms with Crippen molar-refractivity contribution in [3.8, 4) is 0 Å². The molecule has 2 aliphatic rings. The Balaban J connectivity index is 2.07. The molecule has 0 aromatic heterocycles. The number of hydrogen-bond donors (Lipinski definition) is 1. The zero-order valence-electron chi connectivity index (χ0n) is 6.94. The van der Waals surface area contributed by atoms with Gasteiger partial charge < -0.3 is 5.73 Å². The highest BCUT2D eigenvalue weighted by molar-refractivity contribution is 7.91. The van der Waals surface area contributed by atoms with Crippen molar-refractivity contribution in [2.45, 2.75) is 12.5 Å². The maximum atomic E-state index is 11.2. The predicted octanol–water partition coefficient (Wildman–Crippen LogP) is -0.978. The number of nitrogens with zero attached hydrogens (tertiary/aromatic N) is 1. The molecule has 4 nitrogen and oxygen atoms in total. The molecule has 0 aliphatic carbocycles. The minimum Gasteiger partial charge on any atom is -0.330 e. The molecular weight excluding hydrogens is 176 g/mol. The molecule has 0 saturated carbocycles. The van der Waals surface area contributed by atoms with E-state index in [0.717, 1.165) is 13.0 Å². The topological polar surface area (TPSA) is 63.4 Å². The summed E-state index contributed by atoms with van der Waals surface area (Å²) in [6.07, 6.45) is 0.968. The molecule has 0 bridgehead atoms. The van der Waals surface area contributed by atoms with E-state index in [1.807, 2.05) is 4.90 Å². The predicted molar refractivity (Wildman–Crippen MR) is 46.3 cm³/mol. The Morgan fingerprint density at radius 3 is 2.83 bits per heavy atom. The Labute approximate surface area is 72.6 Å². The normalized spacial score (nSPS) is 40.1. The first kappa shape index (κ1) is 8.47. The van der Waals surface area contributed by atoms with Gasteiger partial charge in [-0.1, -0.05) is 0 Å². The van der Waals surface area contributed by atoms with Gasteiger partial charge in [0.25, 0.3) is 0 Å². The van der Waals surface area contributed by atoms with Gasteiger partial charge in [0.15, 0.2) is 9.84 Å². The molecule has 2 aliphatic heterocycles. The molecule has 0 amide bonds. The van der Waals surface area contributed by atoms with Gasteiger partial charge in [0.05, 0.1) is 5.75 Å². The van der Waals surface area contributed by atoms with Crippen LogP contribution < -0.4 is 5.73 Å². The molecule has 2 saturated heterocycles. The van der Waals surface area contributed by atoms with Gasteiger partial charge >= 0.3 is 0 Å². The molecule has 70 valence electrons. The number of hydrogen-bond acceptors (Lipinski definition) is 4. The van der Waals surface area contributed by atoms with Crippen LogP contribution >= 0.6 is 0 Å². The van der Waals surface area contributed by atoms with Crippen molar-refractivity contribution >= 4 is 9.84 Å². The molecule has 0 aromatic carbocycles. The van der Waals surface area contributed by atoms with Crippen LogP contribution in [0.3, 0.4) is 0 Å². The van der Waals surface area contributed by atoms with Crippen molar-refractivity contribution < 1.29 is 8.42 Å². The fraction of sp³-hybridized carbons (Fsp3) is 1.00. The summed E-state index contributed by atoms with van der Waals surface area (Å²) in [4.78, 5) is 2.05. The Hall–Kier alpha value is -0.130. The van der Waals surface area contributed by atoms with Gasteiger partial charge in [0.2, 0.25) is 0 Å². The third-order valence-corrected chi connectivity index (χ3v) is 4.37. The van der Waals surface area contributed by atoms with Crippen molar-refractivity contribution in [3.63, 3.8) is 0 Å². The van der Waals surface area contributed by atoms with Gasteiger partial charge in [-0.05, 0) is 18.9 Å². The molecule has 2 heterocycles. The molecule has 0 aromatic rings. The van der Waals surface area contributed by atoms with Crippen LogP contribution in [0.1, 0.15) is 6.42 Å². The Kier molecular flexibility index (Phi) is 1.89. The largest absolute Gasteiger partial charge is 0.330 e. The highest BCUT2D eigenvalue weighted by Crippen LogP contribution is 2.29. The Morgan fingerprint density at radius 2 is 2.25 bits per heavy atom. The van der Waals surface area contributed by atoms with E-state index in [0.29, 0.717) is 18.2 Å². The van der Waals surface area contributed by atoms with Crippen molar-refractivity contribution in [1.82, 2.24) is 4.90 Å². The van der Waals surface area contributed by atoms with Crippen molar-refractivity contribution in [2.24, 2.45) is 11.7 Å². The monoisotopic (exact) mass is 190 g/mol. The van der Waals surface area contributed by atoms with Crippen LogP contribution in [-0.2, 0) is 9.84 Å². The first-order valence-corrected chi connectivity index (χ1v) is 6.07. The maximum absolute atomic E-state index is 11.2. The smallest absolute Gasteiger partial charge is 0.164 e. The summed E-state index contributed by atoms with van der Waals surface area (Å²) in [6.45, 7) is 1.56. The first-order valence-electron chi connectivity index (χ1n) is 4.25. The van der Waals surface area contributed by atoms with Crippen LogP contribution in [0, 0.1) is 5.92 Å². The second-order valence-corrected chi connectivity index (χ2v) is 5.88. The summed E-state index contributed by atoms with van der Waals surface area (Å²) >= 11 is 0. The van der Waals surface area contributed by atoms with E-state index in [-0.39, 0.29) is 11.9 Å². The Bertz CT molecular complexity index is 255. The highest BCUT2D eigenvalue weighted by Gasteiger charge is 2.41. The van der Waals surface area contributed by atoms with Crippen LogP contribution in [0.5, 0.6) is 0 Å². The van der Waals surface area contributed by atoms with Crippen LogP contribution in [-0.4, -0.2) is 44.1 Å². The van der Waals surface area contributed by atoms with E-state index in [1.165, 1.54) is 0 Å². The van der Waals surface area contributed by atoms with Gasteiger partial charge in [-0.25, -0.2) is 8.42 Å². The van der Waals surface area contributed by atoms with Crippen molar-refractivity contribution in [3.05, 3.63) is 0 Å². The molecule has 0 unspecified atom stereocenters. The summed E-state index contributed by atoms with van der Waals surface area (Å²) in [5.41, 5.74) is 5.53. The summed E-state index contributed by atoms with van der Waals surface area (Å²) in [5.74, 6) is 1.13. The van der Waals surface area contributed by atoms with E-state index >= 15 is 0 Å². The van der Waals surface area contributed by atoms with E-state index in [1.54, 1.807) is 0 Å². The number of rotatable bonds is 1. The van der Waals surface area contributed by atoms with Crippen molar-refractivity contribution in [1.29, 1.82) is 0 Å². The molecule has 0 radical (unpaired) electrons. The quantitative estimate of drug-likeness (QED) is 0.577. The molecule has 0 spiro atoms. The molecule has 2 rings (SSSR count). The van der Waals surface area contributed by atoms with Crippen molar-refractivity contribution in [2.75, 3.05) is 24.7 Å². The summed E-state index contributed by atoms with van der Waals surface area (Å²) < 4.78 is 22.3. The third kappa shape index (κ3) is 1.36. The SMILES string of the molecule is NC[C@H]1C[C@H]2CS(=O)(=O)CN2C1. The van der Waals surface area contributed by atoms with E-state index in [4.69, 9.17) is 5.73 Å². The Morgan fingerprint density at radius 1 is 1.50 bits per heavy atom. The van der Waals surface area contributed by atoms with Crippen LogP contribution in [0.4, 0.5) is 0 Å². The zero-order chi connectivity index (χ0) is 8.77. The summed E-state index contributed by atoms with van der Waals surface area (Å²) in [6, 6.07) is 0.267. The zero-order valence-corrected chi connectivity index (χ0v) is 7.76. The second kappa shape index (κ2) is 2.68. The molecule has 2 fully saturated rings. The fourth-order valence-electron chi connectivity index (χ4n) is 2.19. The first-order chi connectivity index (χ1) is 5.61. The summed E-state index contributed by atoms with van der Waals surface area (Å²) in [7, 11) is -2.75. The van der Waals surface area contributed by atoms with Gasteiger partial charge in [-0.3, -0.25) is 4.90 Å². The van der Waals surface area contributed by atoms with Gasteiger partial charge in [0.1, 0.15) is 5.88 Å². The van der Waals surface area contributed by atoms with E-state index < -0.39 is 9.84 Å². The molecule has 5 heteroatoms. The number of fused-ring (bicyclic) bond motifs is 1. The molecular formula is C7H14N2O2S. The lowest BCUT2D eigenvalue weighted by molar-refractivity contribution is 0.331. The minimum atomic E-state index is -2.75. The lowest BCUT2D eigenvalue weighted by atomic mass is 10.1. The number of nitrogens with two attached hydrogens (primary N) is 1. The molecule has 2 N–H and O–H groups in total.